The fourth-order valence-corrected chi connectivity index (χ4v) is 0.823. The summed E-state index contributed by atoms with van der Waals surface area (Å²) in [5.41, 5.74) is 0.954. The highest BCUT2D eigenvalue weighted by Crippen LogP contribution is 1.99. The second kappa shape index (κ2) is 3.32. The minimum absolute atomic E-state index is 0.480. The van der Waals surface area contributed by atoms with Crippen LogP contribution in [0.25, 0.3) is 6.20 Å². The Kier molecular flexibility index (Phi) is 2.40. The van der Waals surface area contributed by atoms with Crippen LogP contribution < -0.4 is 0 Å². The fourth-order valence-electron chi connectivity index (χ4n) is 0.823. The number of nitrogens with zero attached hydrogens (tertiary/aromatic N) is 3. The van der Waals surface area contributed by atoms with Crippen molar-refractivity contribution in [3.05, 3.63) is 24.5 Å². The molecule has 11 heavy (non-hydrogen) atoms. The third-order valence-corrected chi connectivity index (χ3v) is 1.25. The van der Waals surface area contributed by atoms with Gasteiger partial charge in [0.25, 0.3) is 0 Å². The molecule has 1 heterocycles. The van der Waals surface area contributed by atoms with Gasteiger partial charge < -0.3 is 5.21 Å². The average Bonchev–Trinajstić information content (AvgIpc) is 2.34. The van der Waals surface area contributed by atoms with E-state index < -0.39 is 0 Å². The van der Waals surface area contributed by atoms with E-state index in [1.165, 1.54) is 0 Å². The lowest BCUT2D eigenvalue weighted by molar-refractivity contribution is -0.0731. The summed E-state index contributed by atoms with van der Waals surface area (Å²) in [4.78, 5) is 0. The Hall–Kier alpha value is -1.13. The van der Waals surface area contributed by atoms with Crippen LogP contribution in [-0.2, 0) is 6.54 Å². The van der Waals surface area contributed by atoms with Crippen molar-refractivity contribution >= 4 is 6.20 Å². The number of hydroxylamine groups is 2. The van der Waals surface area contributed by atoms with E-state index in [-0.39, 0.29) is 0 Å². The van der Waals surface area contributed by atoms with Crippen LogP contribution in [0, 0.1) is 0 Å². The van der Waals surface area contributed by atoms with Crippen LogP contribution >= 0.6 is 0 Å². The van der Waals surface area contributed by atoms with Gasteiger partial charge in [0.1, 0.15) is 0 Å². The molecule has 0 amide bonds. The Morgan fingerprint density at radius 2 is 2.64 bits per heavy atom. The molecule has 0 spiro atoms. The third kappa shape index (κ3) is 2.18. The predicted octanol–water partition coefficient (Wildman–Crippen LogP) is 0.805. The largest absolute Gasteiger partial charge is 0.314 e. The maximum Gasteiger partial charge on any atom is 0.0539 e. The lowest BCUT2D eigenvalue weighted by Gasteiger charge is -2.03. The van der Waals surface area contributed by atoms with Crippen molar-refractivity contribution < 1.29 is 5.21 Å². The molecule has 0 aromatic carbocycles. The van der Waals surface area contributed by atoms with Gasteiger partial charge in [-0.2, -0.15) is 10.2 Å². The molecule has 0 saturated heterocycles. The molecule has 4 nitrogen and oxygen atoms in total. The second-order valence-corrected chi connectivity index (χ2v) is 2.33. The smallest absolute Gasteiger partial charge is 0.0539 e. The lowest BCUT2D eigenvalue weighted by atomic mass is 10.4. The summed E-state index contributed by atoms with van der Waals surface area (Å²) in [5.74, 6) is 0. The van der Waals surface area contributed by atoms with E-state index in [2.05, 4.69) is 11.7 Å². The van der Waals surface area contributed by atoms with Crippen LogP contribution in [0.3, 0.4) is 0 Å². The van der Waals surface area contributed by atoms with Crippen LogP contribution in [0.2, 0.25) is 0 Å². The molecule has 0 aliphatic carbocycles. The molecule has 60 valence electrons. The van der Waals surface area contributed by atoms with Crippen molar-refractivity contribution in [1.29, 1.82) is 0 Å². The minimum atomic E-state index is 0.480. The standard InChI is InChI=1S/C7H11N3O/c1-3-10-6-7(4-8-10)5-9(2)11/h3-4,6,11H,1,5H2,2H3. The average molecular weight is 153 g/mol. The van der Waals surface area contributed by atoms with E-state index in [1.807, 2.05) is 0 Å². The zero-order chi connectivity index (χ0) is 8.27. The normalized spacial score (nSPS) is 10.5. The highest BCUT2D eigenvalue weighted by atomic mass is 16.5. The maximum atomic E-state index is 8.86. The van der Waals surface area contributed by atoms with Gasteiger partial charge in [0.15, 0.2) is 0 Å². The third-order valence-electron chi connectivity index (χ3n) is 1.25. The Morgan fingerprint density at radius 3 is 3.09 bits per heavy atom. The van der Waals surface area contributed by atoms with Crippen molar-refractivity contribution in [2.75, 3.05) is 7.05 Å². The van der Waals surface area contributed by atoms with Gasteiger partial charge in [-0.3, -0.25) is 0 Å². The van der Waals surface area contributed by atoms with Gasteiger partial charge in [-0.05, 0) is 0 Å². The van der Waals surface area contributed by atoms with E-state index in [0.29, 0.717) is 6.54 Å². The Bertz CT molecular complexity index is 242. The second-order valence-electron chi connectivity index (χ2n) is 2.33. The van der Waals surface area contributed by atoms with Crippen LogP contribution in [0.4, 0.5) is 0 Å². The first-order valence-electron chi connectivity index (χ1n) is 3.28. The lowest BCUT2D eigenvalue weighted by Crippen LogP contribution is -2.10. The van der Waals surface area contributed by atoms with Crippen molar-refractivity contribution in [2.24, 2.45) is 0 Å². The summed E-state index contributed by atoms with van der Waals surface area (Å²) in [5, 5.41) is 13.9. The van der Waals surface area contributed by atoms with Gasteiger partial charge in [0.2, 0.25) is 0 Å². The van der Waals surface area contributed by atoms with Gasteiger partial charge in [0, 0.05) is 25.0 Å². The molecule has 0 radical (unpaired) electrons. The first kappa shape index (κ1) is 7.97. The molecule has 0 atom stereocenters. The van der Waals surface area contributed by atoms with Crippen molar-refractivity contribution in [3.8, 4) is 0 Å². The van der Waals surface area contributed by atoms with Gasteiger partial charge in [-0.25, -0.2) is 4.68 Å². The SMILES string of the molecule is C=Cn1cc(CN(C)O)cn1. The van der Waals surface area contributed by atoms with Gasteiger partial charge in [-0.1, -0.05) is 6.58 Å². The molecule has 1 N–H and O–H groups in total. The quantitative estimate of drug-likeness (QED) is 0.653. The molecule has 0 aliphatic rings. The minimum Gasteiger partial charge on any atom is -0.314 e. The molecule has 0 saturated carbocycles. The first-order chi connectivity index (χ1) is 5.22. The van der Waals surface area contributed by atoms with Gasteiger partial charge in [0.05, 0.1) is 12.7 Å². The number of hydrogen-bond acceptors (Lipinski definition) is 3. The number of rotatable bonds is 3. The van der Waals surface area contributed by atoms with E-state index >= 15 is 0 Å². The van der Waals surface area contributed by atoms with Crippen molar-refractivity contribution in [2.45, 2.75) is 6.54 Å². The summed E-state index contributed by atoms with van der Waals surface area (Å²) in [6.07, 6.45) is 5.09. The van der Waals surface area contributed by atoms with Crippen LogP contribution in [0.1, 0.15) is 5.56 Å². The summed E-state index contributed by atoms with van der Waals surface area (Å²) in [6.45, 7) is 4.03. The van der Waals surface area contributed by atoms with Crippen molar-refractivity contribution in [3.63, 3.8) is 0 Å². The monoisotopic (exact) mass is 153 g/mol. The van der Waals surface area contributed by atoms with E-state index in [4.69, 9.17) is 5.21 Å². The summed E-state index contributed by atoms with van der Waals surface area (Å²) in [7, 11) is 1.59. The molecule has 1 aromatic heterocycles. The highest BCUT2D eigenvalue weighted by Gasteiger charge is 1.97. The molecule has 0 bridgehead atoms. The molecular weight excluding hydrogens is 142 g/mol. The highest BCUT2D eigenvalue weighted by molar-refractivity contribution is 5.17. The molecule has 1 rings (SSSR count). The summed E-state index contributed by atoms with van der Waals surface area (Å²) < 4.78 is 1.60. The molecule has 4 heteroatoms. The maximum absolute atomic E-state index is 8.86. The fraction of sp³-hybridized carbons (Fsp3) is 0.286. The zero-order valence-corrected chi connectivity index (χ0v) is 6.44. The Balaban J connectivity index is 2.65. The van der Waals surface area contributed by atoms with Crippen LogP contribution in [0.15, 0.2) is 19.0 Å². The number of hydrogen-bond donors (Lipinski definition) is 1. The summed E-state index contributed by atoms with van der Waals surface area (Å²) in [6, 6.07) is 0. The molecular formula is C7H11N3O. The summed E-state index contributed by atoms with van der Waals surface area (Å²) >= 11 is 0. The van der Waals surface area contributed by atoms with E-state index in [9.17, 15) is 0 Å². The van der Waals surface area contributed by atoms with Crippen LogP contribution in [-0.4, -0.2) is 27.1 Å². The van der Waals surface area contributed by atoms with Crippen LogP contribution in [0.5, 0.6) is 0 Å². The molecule has 0 aliphatic heterocycles. The molecule has 0 unspecified atom stereocenters. The van der Waals surface area contributed by atoms with Gasteiger partial charge >= 0.3 is 0 Å². The predicted molar refractivity (Wildman–Crippen MR) is 41.9 cm³/mol. The molecule has 0 fully saturated rings. The topological polar surface area (TPSA) is 41.3 Å². The Labute approximate surface area is 65.3 Å². The van der Waals surface area contributed by atoms with E-state index in [0.717, 1.165) is 10.6 Å². The van der Waals surface area contributed by atoms with Gasteiger partial charge in [-0.15, -0.1) is 0 Å². The number of aromatic nitrogens is 2. The van der Waals surface area contributed by atoms with E-state index in [1.54, 1.807) is 30.3 Å². The first-order valence-corrected chi connectivity index (χ1v) is 3.28. The molecule has 1 aromatic rings. The zero-order valence-electron chi connectivity index (χ0n) is 6.44. The van der Waals surface area contributed by atoms with Crippen molar-refractivity contribution in [1.82, 2.24) is 14.8 Å². The Morgan fingerprint density at radius 1 is 1.91 bits per heavy atom.